The first-order valence-corrected chi connectivity index (χ1v) is 17.0. The van der Waals surface area contributed by atoms with Gasteiger partial charge in [0.25, 0.3) is 0 Å². The molecule has 4 aromatic heterocycles. The molecule has 2 aliphatic rings. The summed E-state index contributed by atoms with van der Waals surface area (Å²) in [6.07, 6.45) is 15.2. The third-order valence-corrected chi connectivity index (χ3v) is 8.39. The summed E-state index contributed by atoms with van der Waals surface area (Å²) in [6.45, 7) is 10.3. The maximum atomic E-state index is 6.10. The summed E-state index contributed by atoms with van der Waals surface area (Å²) in [5, 5.41) is 0.934. The number of hydrogen-bond acceptors (Lipinski definition) is 11. The normalized spacial score (nSPS) is 21.6. The molecule has 0 unspecified atom stereocenters. The summed E-state index contributed by atoms with van der Waals surface area (Å²) < 4.78 is 9.83. The van der Waals surface area contributed by atoms with Gasteiger partial charge in [0, 0.05) is 95.6 Å². The van der Waals surface area contributed by atoms with E-state index in [4.69, 9.17) is 10.5 Å². The van der Waals surface area contributed by atoms with E-state index in [0.717, 1.165) is 85.9 Å². The molecule has 6 heterocycles. The minimum absolute atomic E-state index is 0.230. The lowest BCUT2D eigenvalue weighted by molar-refractivity contribution is 0.181. The topological polar surface area (TPSA) is 128 Å². The van der Waals surface area contributed by atoms with Gasteiger partial charge in [-0.15, -0.1) is 0 Å². The summed E-state index contributed by atoms with van der Waals surface area (Å²) >= 11 is 3.18. The molecule has 0 saturated carbocycles. The van der Waals surface area contributed by atoms with Crippen LogP contribution in [0.2, 0.25) is 0 Å². The van der Waals surface area contributed by atoms with Gasteiger partial charge in [-0.3, -0.25) is 0 Å². The van der Waals surface area contributed by atoms with E-state index in [2.05, 4.69) is 80.3 Å². The fraction of sp³-hybridized carbons (Fsp3) is 0.576. The molecule has 0 bridgehead atoms. The highest BCUT2D eigenvalue weighted by Crippen LogP contribution is 2.31. The second-order valence-electron chi connectivity index (χ2n) is 12.1. The lowest BCUT2D eigenvalue weighted by Gasteiger charge is -2.38. The van der Waals surface area contributed by atoms with Gasteiger partial charge in [-0.25, -0.2) is 29.9 Å². The van der Waals surface area contributed by atoms with E-state index >= 15 is 0 Å². The van der Waals surface area contributed by atoms with Gasteiger partial charge in [-0.05, 0) is 55.6 Å². The number of aromatic nitrogens is 6. The minimum atomic E-state index is 0.230. The highest BCUT2D eigenvalue weighted by Gasteiger charge is 2.26. The molecule has 0 aromatic carbocycles. The van der Waals surface area contributed by atoms with Crippen LogP contribution in [0.4, 0.5) is 11.4 Å². The maximum Gasteiger partial charge on any atom is 0.180 e. The van der Waals surface area contributed by atoms with Crippen LogP contribution in [0.15, 0.2) is 49.3 Å². The Morgan fingerprint density at radius 1 is 0.711 bits per heavy atom. The largest absolute Gasteiger partial charge is 0.385 e. The van der Waals surface area contributed by atoms with E-state index in [0.29, 0.717) is 17.5 Å². The number of piperidine rings is 2. The summed E-state index contributed by atoms with van der Waals surface area (Å²) in [5.74, 6) is 2.02. The lowest BCUT2D eigenvalue weighted by Crippen LogP contribution is -2.46. The van der Waals surface area contributed by atoms with Crippen LogP contribution in [0.1, 0.15) is 39.5 Å². The van der Waals surface area contributed by atoms with Crippen LogP contribution in [0.5, 0.6) is 0 Å². The zero-order valence-electron chi connectivity index (χ0n) is 27.1. The molecule has 244 valence electrons. The first kappa shape index (κ1) is 34.8. The zero-order chi connectivity index (χ0) is 32.0. The zero-order valence-corrected chi connectivity index (χ0v) is 28.6. The maximum absolute atomic E-state index is 6.10. The molecule has 4 aromatic rings. The lowest BCUT2D eigenvalue weighted by atomic mass is 9.87. The smallest absolute Gasteiger partial charge is 0.180 e. The van der Waals surface area contributed by atoms with Crippen LogP contribution < -0.4 is 15.5 Å². The third-order valence-electron chi connectivity index (χ3n) is 8.06. The van der Waals surface area contributed by atoms with Gasteiger partial charge >= 0.3 is 0 Å². The Hall–Kier alpha value is -3.06. The number of halogens is 1. The van der Waals surface area contributed by atoms with Crippen LogP contribution in [0.3, 0.4) is 0 Å². The predicted octanol–water partition coefficient (Wildman–Crippen LogP) is 5.14. The Morgan fingerprint density at radius 2 is 1.22 bits per heavy atom. The number of fused-ring (bicyclic) bond motifs is 2. The molecule has 4 atom stereocenters. The molecular formula is C33H48BrN9O2. The molecule has 6 rings (SSSR count). The van der Waals surface area contributed by atoms with Crippen molar-refractivity contribution in [2.45, 2.75) is 45.6 Å². The van der Waals surface area contributed by atoms with Gasteiger partial charge in [0.05, 0.1) is 18.0 Å². The first-order valence-electron chi connectivity index (χ1n) is 15.8. The fourth-order valence-electron chi connectivity index (χ4n) is 6.31. The average molecular weight is 683 g/mol. The molecule has 2 aliphatic heterocycles. The number of nitrogens with two attached hydrogens (primary N) is 1. The van der Waals surface area contributed by atoms with Crippen molar-refractivity contribution in [3.63, 3.8) is 0 Å². The van der Waals surface area contributed by atoms with Crippen LogP contribution in [0.25, 0.3) is 22.3 Å². The van der Waals surface area contributed by atoms with Gasteiger partial charge in [0.15, 0.2) is 11.3 Å². The Bertz CT molecular complexity index is 1430. The van der Waals surface area contributed by atoms with Crippen LogP contribution in [0, 0.1) is 17.8 Å². The molecule has 0 radical (unpaired) electrons. The van der Waals surface area contributed by atoms with E-state index in [-0.39, 0.29) is 6.04 Å². The molecular weight excluding hydrogens is 634 g/mol. The predicted molar refractivity (Wildman–Crippen MR) is 185 cm³/mol. The van der Waals surface area contributed by atoms with Crippen molar-refractivity contribution in [1.29, 1.82) is 0 Å². The fourth-order valence-corrected chi connectivity index (χ4v) is 6.64. The quantitative estimate of drug-likeness (QED) is 0.196. The van der Waals surface area contributed by atoms with E-state index in [1.165, 1.54) is 18.5 Å². The number of hydrogen-bond donors (Lipinski definition) is 1. The van der Waals surface area contributed by atoms with Crippen LogP contribution in [-0.4, -0.2) is 94.9 Å². The molecule has 2 fully saturated rings. The average Bonchev–Trinajstić information content (AvgIpc) is 3.05. The molecule has 0 aliphatic carbocycles. The molecule has 2 N–H and O–H groups in total. The SMILES string of the molecule is COCCBr.COCCC[C@@H]1C[C@H](C)CN(c2ccnc3nccnc23)C1.C[C@H]1C[C@@H](N)CN(c2ccnc3nccnc23)C1. The van der Waals surface area contributed by atoms with Gasteiger partial charge in [-0.2, -0.15) is 0 Å². The van der Waals surface area contributed by atoms with Crippen LogP contribution in [-0.2, 0) is 9.47 Å². The standard InChI is InChI=1S/C17H24N4O.C13H17N5.C3H7BrO/c1-13-10-14(4-3-9-22-2)12-21(11-13)15-5-6-19-17-16(15)18-7-8-20-17;1-9-6-10(14)8-18(7-9)11-2-3-16-13-12(11)15-4-5-17-13;1-5-3-2-4/h5-8,13-14H,3-4,9-12H2,1-2H3;2-5,9-10H,6-8,14H2,1H3;2-3H2,1H3/t13-,14+;9-,10+;/m00./s1. The number of anilines is 2. The Morgan fingerprint density at radius 3 is 1.73 bits per heavy atom. The second-order valence-corrected chi connectivity index (χ2v) is 12.8. The van der Waals surface area contributed by atoms with Gasteiger partial charge < -0.3 is 25.0 Å². The van der Waals surface area contributed by atoms with Crippen molar-refractivity contribution in [2.75, 3.05) is 68.7 Å². The molecule has 11 nitrogen and oxygen atoms in total. The Balaban J connectivity index is 0.000000181. The van der Waals surface area contributed by atoms with Gasteiger partial charge in [0.1, 0.15) is 11.0 Å². The molecule has 12 heteroatoms. The molecule has 2 saturated heterocycles. The minimum Gasteiger partial charge on any atom is -0.385 e. The van der Waals surface area contributed by atoms with Crippen molar-refractivity contribution >= 4 is 49.6 Å². The first-order chi connectivity index (χ1) is 21.9. The number of pyridine rings is 2. The van der Waals surface area contributed by atoms with E-state index in [9.17, 15) is 0 Å². The highest BCUT2D eigenvalue weighted by atomic mass is 79.9. The van der Waals surface area contributed by atoms with Crippen molar-refractivity contribution in [3.8, 4) is 0 Å². The number of ether oxygens (including phenoxy) is 2. The molecule has 45 heavy (non-hydrogen) atoms. The second kappa shape index (κ2) is 18.2. The van der Waals surface area contributed by atoms with E-state index in [1.807, 2.05) is 12.3 Å². The van der Waals surface area contributed by atoms with Gasteiger partial charge in [0.2, 0.25) is 0 Å². The summed E-state index contributed by atoms with van der Waals surface area (Å²) in [6, 6.07) is 4.30. The van der Waals surface area contributed by atoms with Crippen molar-refractivity contribution in [3.05, 3.63) is 49.3 Å². The summed E-state index contributed by atoms with van der Waals surface area (Å²) in [4.78, 5) is 30.8. The van der Waals surface area contributed by atoms with Crippen molar-refractivity contribution < 1.29 is 9.47 Å². The van der Waals surface area contributed by atoms with Crippen LogP contribution >= 0.6 is 15.9 Å². The van der Waals surface area contributed by atoms with E-state index in [1.54, 1.807) is 45.2 Å². The Kier molecular flexibility index (Phi) is 14.1. The summed E-state index contributed by atoms with van der Waals surface area (Å²) in [5.41, 5.74) is 11.6. The highest BCUT2D eigenvalue weighted by molar-refractivity contribution is 9.09. The monoisotopic (exact) mass is 681 g/mol. The third kappa shape index (κ3) is 10.2. The van der Waals surface area contributed by atoms with Crippen molar-refractivity contribution in [1.82, 2.24) is 29.9 Å². The number of nitrogens with zero attached hydrogens (tertiary/aromatic N) is 8. The number of methoxy groups -OCH3 is 2. The number of alkyl halides is 1. The molecule has 0 spiro atoms. The van der Waals surface area contributed by atoms with E-state index < -0.39 is 0 Å². The van der Waals surface area contributed by atoms with Gasteiger partial charge in [-0.1, -0.05) is 29.8 Å². The molecule has 0 amide bonds. The van der Waals surface area contributed by atoms with Crippen molar-refractivity contribution in [2.24, 2.45) is 23.5 Å². The Labute approximate surface area is 275 Å². The number of rotatable bonds is 8. The summed E-state index contributed by atoms with van der Waals surface area (Å²) in [7, 11) is 3.46.